The van der Waals surface area contributed by atoms with Gasteiger partial charge in [-0.25, -0.2) is 0 Å². The molecule has 136 valence electrons. The second-order valence-electron chi connectivity index (χ2n) is 8.81. The zero-order chi connectivity index (χ0) is 17.9. The molecule has 1 saturated carbocycles. The van der Waals surface area contributed by atoms with E-state index in [0.29, 0.717) is 12.8 Å². The van der Waals surface area contributed by atoms with E-state index in [1.54, 1.807) is 6.92 Å². The molecule has 0 aliphatic heterocycles. The standard InChI is InChI=1S/C19H30O5/c1-18(2)12-6-4-11-16(10(12)5-7-14(18)22)13(21)8-19(3,17(11)24)15(23)9-20/h10,12,14-15,17,20,22-24H,4-9H2,1-3H3/t10-,12+,14+,15?,17+,19+/m1/s1. The monoisotopic (exact) mass is 338 g/mol. The van der Waals surface area contributed by atoms with Crippen LogP contribution in [-0.4, -0.2) is 51.1 Å². The fourth-order valence-electron chi connectivity index (χ4n) is 5.39. The van der Waals surface area contributed by atoms with Crippen LogP contribution < -0.4 is 0 Å². The van der Waals surface area contributed by atoms with Crippen molar-refractivity contribution in [3.8, 4) is 0 Å². The molecule has 3 aliphatic carbocycles. The minimum absolute atomic E-state index is 0.00723. The van der Waals surface area contributed by atoms with E-state index in [-0.39, 0.29) is 35.6 Å². The predicted octanol–water partition coefficient (Wildman–Crippen LogP) is 1.18. The predicted molar refractivity (Wildman–Crippen MR) is 89.1 cm³/mol. The molecule has 5 nitrogen and oxygen atoms in total. The van der Waals surface area contributed by atoms with E-state index in [4.69, 9.17) is 0 Å². The highest BCUT2D eigenvalue weighted by atomic mass is 16.3. The number of Topliss-reactive ketones (excluding diaryl/α,β-unsaturated/α-hetero) is 1. The Bertz CT molecular complexity index is 566. The lowest BCUT2D eigenvalue weighted by molar-refractivity contribution is -0.133. The first-order valence-electron chi connectivity index (χ1n) is 9.05. The minimum Gasteiger partial charge on any atom is -0.394 e. The van der Waals surface area contributed by atoms with Crippen LogP contribution in [0.2, 0.25) is 0 Å². The van der Waals surface area contributed by atoms with E-state index in [0.717, 1.165) is 24.0 Å². The maximum Gasteiger partial charge on any atom is 0.159 e. The number of hydrogen-bond donors (Lipinski definition) is 4. The molecule has 24 heavy (non-hydrogen) atoms. The molecule has 0 spiro atoms. The zero-order valence-electron chi connectivity index (χ0n) is 14.8. The molecule has 0 amide bonds. The van der Waals surface area contributed by atoms with Crippen molar-refractivity contribution in [3.05, 3.63) is 11.1 Å². The van der Waals surface area contributed by atoms with Gasteiger partial charge in [-0.15, -0.1) is 0 Å². The third kappa shape index (κ3) is 2.40. The van der Waals surface area contributed by atoms with Crippen LogP contribution in [0.5, 0.6) is 0 Å². The zero-order valence-corrected chi connectivity index (χ0v) is 14.8. The third-order valence-corrected chi connectivity index (χ3v) is 7.22. The number of aliphatic hydroxyl groups excluding tert-OH is 4. The molecule has 1 fully saturated rings. The summed E-state index contributed by atoms with van der Waals surface area (Å²) in [6, 6.07) is 0. The van der Waals surface area contributed by atoms with Crippen molar-refractivity contribution in [2.45, 2.75) is 71.2 Å². The highest BCUT2D eigenvalue weighted by Gasteiger charge is 2.55. The third-order valence-electron chi connectivity index (χ3n) is 7.22. The van der Waals surface area contributed by atoms with Gasteiger partial charge in [0.15, 0.2) is 5.78 Å². The second-order valence-corrected chi connectivity index (χ2v) is 8.81. The fraction of sp³-hybridized carbons (Fsp3) is 0.842. The number of aliphatic hydroxyl groups is 4. The summed E-state index contributed by atoms with van der Waals surface area (Å²) in [6.07, 6.45) is 0.579. The maximum atomic E-state index is 12.9. The Balaban J connectivity index is 2.01. The van der Waals surface area contributed by atoms with Gasteiger partial charge in [-0.2, -0.15) is 0 Å². The Morgan fingerprint density at radius 2 is 1.83 bits per heavy atom. The fourth-order valence-corrected chi connectivity index (χ4v) is 5.39. The van der Waals surface area contributed by atoms with Crippen molar-refractivity contribution in [1.82, 2.24) is 0 Å². The number of carbonyl (C=O) groups excluding carboxylic acids is 1. The summed E-state index contributed by atoms with van der Waals surface area (Å²) in [4.78, 5) is 12.9. The van der Waals surface area contributed by atoms with Crippen LogP contribution in [0.1, 0.15) is 52.9 Å². The molecule has 0 bridgehead atoms. The molecular weight excluding hydrogens is 308 g/mol. The molecule has 3 aliphatic rings. The highest BCUT2D eigenvalue weighted by Crippen LogP contribution is 2.56. The summed E-state index contributed by atoms with van der Waals surface area (Å²) in [5.41, 5.74) is 0.246. The Morgan fingerprint density at radius 1 is 1.17 bits per heavy atom. The SMILES string of the molecule is CC1(C)[C@@H](O)CC[C@H]2C3=C(CC[C@@H]21)[C@H](O)[C@](C)(C(O)CO)CC3=O. The summed E-state index contributed by atoms with van der Waals surface area (Å²) in [7, 11) is 0. The van der Waals surface area contributed by atoms with Crippen molar-refractivity contribution in [2.75, 3.05) is 6.61 Å². The maximum absolute atomic E-state index is 12.9. The van der Waals surface area contributed by atoms with Gasteiger partial charge in [0.1, 0.15) is 0 Å². The van der Waals surface area contributed by atoms with Crippen molar-refractivity contribution in [1.29, 1.82) is 0 Å². The molecule has 0 aromatic carbocycles. The van der Waals surface area contributed by atoms with E-state index in [1.807, 2.05) is 0 Å². The van der Waals surface area contributed by atoms with Crippen LogP contribution in [-0.2, 0) is 4.79 Å². The van der Waals surface area contributed by atoms with Crippen LogP contribution >= 0.6 is 0 Å². The lowest BCUT2D eigenvalue weighted by Crippen LogP contribution is -2.54. The van der Waals surface area contributed by atoms with Gasteiger partial charge in [0.2, 0.25) is 0 Å². The summed E-state index contributed by atoms with van der Waals surface area (Å²) in [5.74, 6) is 0.320. The lowest BCUT2D eigenvalue weighted by atomic mass is 9.52. The largest absolute Gasteiger partial charge is 0.394 e. The van der Waals surface area contributed by atoms with Crippen molar-refractivity contribution >= 4 is 5.78 Å². The molecule has 5 heteroatoms. The second kappa shape index (κ2) is 5.90. The molecule has 0 heterocycles. The average Bonchev–Trinajstić information content (AvgIpc) is 2.54. The van der Waals surface area contributed by atoms with Gasteiger partial charge in [0.25, 0.3) is 0 Å². The number of carbonyl (C=O) groups is 1. The first-order chi connectivity index (χ1) is 11.1. The summed E-state index contributed by atoms with van der Waals surface area (Å²) < 4.78 is 0. The van der Waals surface area contributed by atoms with E-state index < -0.39 is 24.2 Å². The van der Waals surface area contributed by atoms with E-state index in [2.05, 4.69) is 13.8 Å². The molecule has 0 saturated heterocycles. The highest BCUT2D eigenvalue weighted by molar-refractivity contribution is 5.98. The molecular formula is C19H30O5. The minimum atomic E-state index is -1.12. The van der Waals surface area contributed by atoms with Gasteiger partial charge >= 0.3 is 0 Å². The normalized spacial score (nSPS) is 43.2. The Kier molecular flexibility index (Phi) is 4.44. The van der Waals surface area contributed by atoms with Crippen LogP contribution in [0.15, 0.2) is 11.1 Å². The molecule has 0 aromatic rings. The Morgan fingerprint density at radius 3 is 2.46 bits per heavy atom. The summed E-state index contributed by atoms with van der Waals surface area (Å²) >= 11 is 0. The van der Waals surface area contributed by atoms with Crippen LogP contribution in [0.3, 0.4) is 0 Å². The van der Waals surface area contributed by atoms with Crippen molar-refractivity contribution < 1.29 is 25.2 Å². The molecule has 1 unspecified atom stereocenters. The number of hydrogen-bond acceptors (Lipinski definition) is 5. The van der Waals surface area contributed by atoms with Gasteiger partial charge in [-0.3, -0.25) is 4.79 Å². The number of allylic oxidation sites excluding steroid dienone is 1. The molecule has 0 radical (unpaired) electrons. The smallest absolute Gasteiger partial charge is 0.159 e. The van der Waals surface area contributed by atoms with Crippen LogP contribution in [0.25, 0.3) is 0 Å². The summed E-state index contributed by atoms with van der Waals surface area (Å²) in [6.45, 7) is 5.36. The van der Waals surface area contributed by atoms with Crippen LogP contribution in [0.4, 0.5) is 0 Å². The van der Waals surface area contributed by atoms with Gasteiger partial charge in [-0.05, 0) is 48.5 Å². The average molecular weight is 338 g/mol. The first-order valence-corrected chi connectivity index (χ1v) is 9.05. The molecule has 3 rings (SSSR count). The van der Waals surface area contributed by atoms with Gasteiger partial charge in [0.05, 0.1) is 24.9 Å². The van der Waals surface area contributed by atoms with Gasteiger partial charge < -0.3 is 20.4 Å². The number of rotatable bonds is 2. The van der Waals surface area contributed by atoms with Gasteiger partial charge in [-0.1, -0.05) is 20.8 Å². The number of ketones is 1. The quantitative estimate of drug-likeness (QED) is 0.606. The lowest BCUT2D eigenvalue weighted by Gasteiger charge is -2.53. The van der Waals surface area contributed by atoms with Crippen molar-refractivity contribution in [2.24, 2.45) is 22.7 Å². The van der Waals surface area contributed by atoms with Crippen molar-refractivity contribution in [3.63, 3.8) is 0 Å². The number of fused-ring (bicyclic) bond motifs is 2. The first kappa shape index (κ1) is 18.1. The van der Waals surface area contributed by atoms with E-state index in [1.165, 1.54) is 0 Å². The Labute approximate surface area is 143 Å². The Hall–Kier alpha value is -0.750. The molecule has 6 atom stereocenters. The van der Waals surface area contributed by atoms with Gasteiger partial charge in [0, 0.05) is 17.4 Å². The summed E-state index contributed by atoms with van der Waals surface area (Å²) in [5, 5.41) is 40.7. The van der Waals surface area contributed by atoms with E-state index in [9.17, 15) is 25.2 Å². The topological polar surface area (TPSA) is 98.0 Å². The molecule has 0 aromatic heterocycles. The molecule has 4 N–H and O–H groups in total. The van der Waals surface area contributed by atoms with Crippen LogP contribution in [0, 0.1) is 22.7 Å². The van der Waals surface area contributed by atoms with E-state index >= 15 is 0 Å².